The first-order chi connectivity index (χ1) is 9.17. The number of hydrogen-bond donors (Lipinski definition) is 1. The molecule has 1 aromatic carbocycles. The summed E-state index contributed by atoms with van der Waals surface area (Å²) in [7, 11) is 0. The number of nitrogens with zero attached hydrogens (tertiary/aromatic N) is 1. The molecule has 1 saturated heterocycles. The molecule has 104 valence electrons. The maximum absolute atomic E-state index is 13.1. The lowest BCUT2D eigenvalue weighted by Gasteiger charge is -2.41. The predicted molar refractivity (Wildman–Crippen MR) is 78.6 cm³/mol. The number of rotatable bonds is 2. The summed E-state index contributed by atoms with van der Waals surface area (Å²) in [4.78, 5) is 2.50. The van der Waals surface area contributed by atoms with Crippen molar-refractivity contribution in [3.05, 3.63) is 34.1 Å². The third-order valence-corrected chi connectivity index (χ3v) is 5.16. The van der Waals surface area contributed by atoms with Crippen molar-refractivity contribution in [3.63, 3.8) is 0 Å². The maximum atomic E-state index is 13.1. The Bertz CT molecular complexity index is 457. The molecule has 1 N–H and O–H groups in total. The first-order valence-corrected chi connectivity index (χ1v) is 7.88. The van der Waals surface area contributed by atoms with Crippen molar-refractivity contribution in [1.82, 2.24) is 10.2 Å². The quantitative estimate of drug-likeness (QED) is 0.897. The fraction of sp³-hybridized carbons (Fsp3) is 0.600. The molecule has 2 nitrogen and oxygen atoms in total. The van der Waals surface area contributed by atoms with E-state index in [1.165, 1.54) is 31.2 Å². The molecule has 0 amide bonds. The van der Waals surface area contributed by atoms with E-state index in [4.69, 9.17) is 0 Å². The van der Waals surface area contributed by atoms with Crippen LogP contribution in [-0.4, -0.2) is 30.1 Å². The second-order valence-corrected chi connectivity index (χ2v) is 6.71. The SMILES string of the molecule is Fc1ccc(CN2CCNC3(CCCC3)C2)c(Br)c1. The van der Waals surface area contributed by atoms with E-state index in [-0.39, 0.29) is 5.82 Å². The lowest BCUT2D eigenvalue weighted by molar-refractivity contribution is 0.128. The first kappa shape index (κ1) is 13.5. The van der Waals surface area contributed by atoms with Gasteiger partial charge in [0.2, 0.25) is 0 Å². The predicted octanol–water partition coefficient (Wildman–Crippen LogP) is 3.31. The molecule has 2 fully saturated rings. The fourth-order valence-corrected chi connectivity index (χ4v) is 3.93. The van der Waals surface area contributed by atoms with Gasteiger partial charge in [-0.25, -0.2) is 4.39 Å². The zero-order valence-corrected chi connectivity index (χ0v) is 12.7. The molecule has 0 unspecified atom stereocenters. The molecule has 19 heavy (non-hydrogen) atoms. The monoisotopic (exact) mass is 326 g/mol. The molecule has 1 spiro atoms. The summed E-state index contributed by atoms with van der Waals surface area (Å²) in [6.45, 7) is 4.17. The number of hydrogen-bond acceptors (Lipinski definition) is 2. The van der Waals surface area contributed by atoms with Crippen LogP contribution in [0.2, 0.25) is 0 Å². The zero-order chi connectivity index (χ0) is 13.3. The molecule has 1 aromatic rings. The highest BCUT2D eigenvalue weighted by molar-refractivity contribution is 9.10. The first-order valence-electron chi connectivity index (χ1n) is 7.08. The Morgan fingerprint density at radius 3 is 2.84 bits per heavy atom. The second-order valence-electron chi connectivity index (χ2n) is 5.86. The molecule has 1 heterocycles. The van der Waals surface area contributed by atoms with Gasteiger partial charge < -0.3 is 5.32 Å². The van der Waals surface area contributed by atoms with Crippen molar-refractivity contribution in [3.8, 4) is 0 Å². The van der Waals surface area contributed by atoms with E-state index >= 15 is 0 Å². The van der Waals surface area contributed by atoms with Crippen molar-refractivity contribution >= 4 is 15.9 Å². The standard InChI is InChI=1S/C15H20BrFN2/c16-14-9-13(17)4-3-12(14)10-19-8-7-18-15(11-19)5-1-2-6-15/h3-4,9,18H,1-2,5-8,10-11H2. The topological polar surface area (TPSA) is 15.3 Å². The molecule has 0 bridgehead atoms. The third-order valence-electron chi connectivity index (χ3n) is 4.42. The molecule has 1 saturated carbocycles. The van der Waals surface area contributed by atoms with Crippen LogP contribution in [0.15, 0.2) is 22.7 Å². The van der Waals surface area contributed by atoms with Gasteiger partial charge in [-0.2, -0.15) is 0 Å². The highest BCUT2D eigenvalue weighted by Gasteiger charge is 2.37. The number of halogens is 2. The molecule has 3 rings (SSSR count). The molecule has 0 atom stereocenters. The van der Waals surface area contributed by atoms with Crippen molar-refractivity contribution in [2.24, 2.45) is 0 Å². The summed E-state index contributed by atoms with van der Waals surface area (Å²) in [5.41, 5.74) is 1.53. The van der Waals surface area contributed by atoms with Crippen LogP contribution in [0.3, 0.4) is 0 Å². The Morgan fingerprint density at radius 1 is 1.32 bits per heavy atom. The lowest BCUT2D eigenvalue weighted by Crippen LogP contribution is -2.58. The van der Waals surface area contributed by atoms with Gasteiger partial charge in [-0.05, 0) is 30.5 Å². The molecular weight excluding hydrogens is 307 g/mol. The number of nitrogens with one attached hydrogen (secondary N) is 1. The van der Waals surface area contributed by atoms with Crippen LogP contribution >= 0.6 is 15.9 Å². The van der Waals surface area contributed by atoms with E-state index in [1.807, 2.05) is 6.07 Å². The smallest absolute Gasteiger partial charge is 0.124 e. The zero-order valence-electron chi connectivity index (χ0n) is 11.1. The van der Waals surface area contributed by atoms with E-state index in [0.717, 1.165) is 30.7 Å². The lowest BCUT2D eigenvalue weighted by atomic mass is 9.94. The summed E-state index contributed by atoms with van der Waals surface area (Å²) in [5, 5.41) is 3.72. The van der Waals surface area contributed by atoms with Crippen LogP contribution in [0.4, 0.5) is 4.39 Å². The van der Waals surface area contributed by atoms with Crippen LogP contribution in [0.1, 0.15) is 31.2 Å². The molecule has 0 aromatic heterocycles. The Hall–Kier alpha value is -0.450. The van der Waals surface area contributed by atoms with E-state index in [1.54, 1.807) is 12.1 Å². The van der Waals surface area contributed by atoms with Crippen LogP contribution in [0, 0.1) is 5.82 Å². The van der Waals surface area contributed by atoms with Gasteiger partial charge in [0.1, 0.15) is 5.82 Å². The van der Waals surface area contributed by atoms with Crippen molar-refractivity contribution in [2.75, 3.05) is 19.6 Å². The average Bonchev–Trinajstić information content (AvgIpc) is 2.81. The molecule has 1 aliphatic carbocycles. The van der Waals surface area contributed by atoms with Gasteiger partial charge in [0.05, 0.1) is 0 Å². The molecule has 0 radical (unpaired) electrons. The maximum Gasteiger partial charge on any atom is 0.124 e. The summed E-state index contributed by atoms with van der Waals surface area (Å²) < 4.78 is 14.0. The molecule has 4 heteroatoms. The van der Waals surface area contributed by atoms with Crippen LogP contribution in [0.5, 0.6) is 0 Å². The van der Waals surface area contributed by atoms with Gasteiger partial charge in [-0.1, -0.05) is 34.8 Å². The third kappa shape index (κ3) is 3.01. The van der Waals surface area contributed by atoms with Gasteiger partial charge in [0.25, 0.3) is 0 Å². The summed E-state index contributed by atoms with van der Waals surface area (Å²) in [6, 6.07) is 5.00. The number of benzene rings is 1. The minimum atomic E-state index is -0.178. The summed E-state index contributed by atoms with van der Waals surface area (Å²) >= 11 is 3.47. The van der Waals surface area contributed by atoms with Gasteiger partial charge >= 0.3 is 0 Å². The highest BCUT2D eigenvalue weighted by Crippen LogP contribution is 2.32. The van der Waals surface area contributed by atoms with Gasteiger partial charge in [-0.15, -0.1) is 0 Å². The van der Waals surface area contributed by atoms with Crippen molar-refractivity contribution in [2.45, 2.75) is 37.8 Å². The normalized spacial score (nSPS) is 23.1. The van der Waals surface area contributed by atoms with Gasteiger partial charge in [0.15, 0.2) is 0 Å². The second kappa shape index (κ2) is 5.51. The van der Waals surface area contributed by atoms with Crippen LogP contribution < -0.4 is 5.32 Å². The van der Waals surface area contributed by atoms with Crippen LogP contribution in [-0.2, 0) is 6.54 Å². The minimum Gasteiger partial charge on any atom is -0.309 e. The Balaban J connectivity index is 1.69. The van der Waals surface area contributed by atoms with Crippen molar-refractivity contribution < 1.29 is 4.39 Å². The largest absolute Gasteiger partial charge is 0.309 e. The molecule has 1 aliphatic heterocycles. The Kier molecular flexibility index (Phi) is 3.92. The average molecular weight is 327 g/mol. The Labute approximate surface area is 122 Å². The molecule has 2 aliphatic rings. The summed E-state index contributed by atoms with van der Waals surface area (Å²) in [5.74, 6) is -0.178. The van der Waals surface area contributed by atoms with E-state index < -0.39 is 0 Å². The summed E-state index contributed by atoms with van der Waals surface area (Å²) in [6.07, 6.45) is 5.30. The van der Waals surface area contributed by atoms with Gasteiger partial charge in [0, 0.05) is 36.2 Å². The van der Waals surface area contributed by atoms with Crippen LogP contribution in [0.25, 0.3) is 0 Å². The van der Waals surface area contributed by atoms with E-state index in [0.29, 0.717) is 5.54 Å². The van der Waals surface area contributed by atoms with E-state index in [2.05, 4.69) is 26.1 Å². The highest BCUT2D eigenvalue weighted by atomic mass is 79.9. The van der Waals surface area contributed by atoms with Gasteiger partial charge in [-0.3, -0.25) is 4.90 Å². The fourth-order valence-electron chi connectivity index (χ4n) is 3.45. The number of piperazine rings is 1. The Morgan fingerprint density at radius 2 is 2.11 bits per heavy atom. The minimum absolute atomic E-state index is 0.178. The van der Waals surface area contributed by atoms with Crippen molar-refractivity contribution in [1.29, 1.82) is 0 Å². The molecular formula is C15H20BrFN2. The van der Waals surface area contributed by atoms with E-state index in [9.17, 15) is 4.39 Å².